The summed E-state index contributed by atoms with van der Waals surface area (Å²) in [6.07, 6.45) is 7.90. The van der Waals surface area contributed by atoms with Crippen LogP contribution >= 0.6 is 0 Å². The smallest absolute Gasteiger partial charge is 0.0830 e. The van der Waals surface area contributed by atoms with Gasteiger partial charge in [0, 0.05) is 0 Å². The van der Waals surface area contributed by atoms with Crippen molar-refractivity contribution in [3.05, 3.63) is 23.9 Å². The van der Waals surface area contributed by atoms with E-state index < -0.39 is 0 Å². The molecule has 1 rings (SSSR count). The second-order valence-electron chi connectivity index (χ2n) is 1.52. The van der Waals surface area contributed by atoms with Crippen LogP contribution in [0.2, 0.25) is 0 Å². The van der Waals surface area contributed by atoms with Crippen LogP contribution in [0, 0.1) is 0 Å². The summed E-state index contributed by atoms with van der Waals surface area (Å²) in [4.78, 5) is 3.84. The molecule has 0 aliphatic carbocycles. The molecule has 0 atom stereocenters. The topological polar surface area (TPSA) is 38.4 Å². The highest BCUT2D eigenvalue weighted by Crippen LogP contribution is 1.97. The molecule has 1 aliphatic heterocycles. The van der Waals surface area contributed by atoms with E-state index in [1.807, 2.05) is 6.08 Å². The molecule has 0 saturated heterocycles. The Balaban J connectivity index is 2.66. The van der Waals surface area contributed by atoms with Crippen molar-refractivity contribution in [2.75, 3.05) is 6.54 Å². The normalized spacial score (nSPS) is 22.2. The number of hydrogen-bond acceptors (Lipinski definition) is 2. The lowest BCUT2D eigenvalue weighted by molar-refractivity contribution is 1.17. The molecule has 0 aromatic heterocycles. The summed E-state index contributed by atoms with van der Waals surface area (Å²) in [5.74, 6) is 0. The average molecular weight is 107 g/mol. The molecule has 1 radical (unpaired) electrons. The second kappa shape index (κ2) is 2.31. The Morgan fingerprint density at radius 1 is 1.88 bits per heavy atom. The minimum Gasteiger partial charge on any atom is -0.404 e. The van der Waals surface area contributed by atoms with Crippen LogP contribution in [0.3, 0.4) is 0 Å². The summed E-state index contributed by atoms with van der Waals surface area (Å²) in [5, 5.41) is 0. The van der Waals surface area contributed by atoms with Gasteiger partial charge in [-0.25, -0.2) is 0 Å². The standard InChI is InChI=1S/C6H7N2/c7-4-6-2-1-3-8-5-6/h1-2,4H,5,7H2/b6-4-. The molecule has 2 heteroatoms. The highest BCUT2D eigenvalue weighted by molar-refractivity contribution is 5.73. The largest absolute Gasteiger partial charge is 0.404 e. The van der Waals surface area contributed by atoms with Gasteiger partial charge in [-0.2, -0.15) is 0 Å². The van der Waals surface area contributed by atoms with E-state index in [0.29, 0.717) is 6.54 Å². The fraction of sp³-hybridized carbons (Fsp3) is 0.167. The Morgan fingerprint density at radius 2 is 2.75 bits per heavy atom. The third kappa shape index (κ3) is 0.964. The number of allylic oxidation sites excluding steroid dienone is 1. The van der Waals surface area contributed by atoms with Crippen molar-refractivity contribution in [1.82, 2.24) is 0 Å². The first-order chi connectivity index (χ1) is 3.93. The van der Waals surface area contributed by atoms with E-state index in [0.717, 1.165) is 5.57 Å². The Labute approximate surface area is 48.4 Å². The molecule has 0 fully saturated rings. The van der Waals surface area contributed by atoms with Gasteiger partial charge in [0.05, 0.1) is 12.8 Å². The van der Waals surface area contributed by atoms with Crippen molar-refractivity contribution in [1.29, 1.82) is 0 Å². The van der Waals surface area contributed by atoms with Crippen molar-refractivity contribution in [3.8, 4) is 0 Å². The molecule has 0 bridgehead atoms. The average Bonchev–Trinajstić information content (AvgIpc) is 1.90. The Bertz CT molecular complexity index is 154. The molecule has 0 spiro atoms. The number of aliphatic imine (C=N–C) groups is 1. The van der Waals surface area contributed by atoms with Crippen LogP contribution in [0.15, 0.2) is 28.9 Å². The van der Waals surface area contributed by atoms with Crippen LogP contribution in [-0.4, -0.2) is 12.8 Å². The highest BCUT2D eigenvalue weighted by atomic mass is 14.7. The van der Waals surface area contributed by atoms with Gasteiger partial charge in [0.25, 0.3) is 0 Å². The van der Waals surface area contributed by atoms with E-state index in [-0.39, 0.29) is 0 Å². The molecule has 41 valence electrons. The maximum atomic E-state index is 5.20. The van der Waals surface area contributed by atoms with Gasteiger partial charge in [-0.1, -0.05) is 6.08 Å². The van der Waals surface area contributed by atoms with Crippen LogP contribution in [-0.2, 0) is 0 Å². The van der Waals surface area contributed by atoms with Gasteiger partial charge in [-0.15, -0.1) is 0 Å². The zero-order valence-corrected chi connectivity index (χ0v) is 4.46. The lowest BCUT2D eigenvalue weighted by Crippen LogP contribution is -1.93. The Kier molecular flexibility index (Phi) is 1.47. The fourth-order valence-electron chi connectivity index (χ4n) is 0.495. The summed E-state index contributed by atoms with van der Waals surface area (Å²) in [6.45, 7) is 0.674. The number of dihydropyridines is 1. The summed E-state index contributed by atoms with van der Waals surface area (Å²) in [6, 6.07) is 0. The minimum absolute atomic E-state index is 0.674. The predicted octanol–water partition coefficient (Wildman–Crippen LogP) is 0.347. The predicted molar refractivity (Wildman–Crippen MR) is 33.7 cm³/mol. The Morgan fingerprint density at radius 3 is 3.12 bits per heavy atom. The summed E-state index contributed by atoms with van der Waals surface area (Å²) < 4.78 is 0. The van der Waals surface area contributed by atoms with Gasteiger partial charge in [0.15, 0.2) is 0 Å². The summed E-state index contributed by atoms with van der Waals surface area (Å²) in [5.41, 5.74) is 6.25. The Hall–Kier alpha value is -1.05. The SMILES string of the molecule is N/C=C1/C=C[C]=NC1. The van der Waals surface area contributed by atoms with E-state index in [1.165, 1.54) is 0 Å². The van der Waals surface area contributed by atoms with Gasteiger partial charge < -0.3 is 5.73 Å². The summed E-state index contributed by atoms with van der Waals surface area (Å²) >= 11 is 0. The van der Waals surface area contributed by atoms with Crippen molar-refractivity contribution in [2.45, 2.75) is 0 Å². The fourth-order valence-corrected chi connectivity index (χ4v) is 0.495. The first-order valence-corrected chi connectivity index (χ1v) is 2.43. The van der Waals surface area contributed by atoms with Crippen molar-refractivity contribution < 1.29 is 0 Å². The molecule has 0 aromatic rings. The van der Waals surface area contributed by atoms with E-state index in [4.69, 9.17) is 5.73 Å². The molecule has 1 aliphatic rings. The van der Waals surface area contributed by atoms with Crippen LogP contribution < -0.4 is 5.73 Å². The molecular formula is C6H7N2. The molecule has 2 N–H and O–H groups in total. The maximum absolute atomic E-state index is 5.20. The van der Waals surface area contributed by atoms with E-state index in [1.54, 1.807) is 12.3 Å². The lowest BCUT2D eigenvalue weighted by Gasteiger charge is -1.96. The zero-order chi connectivity index (χ0) is 5.82. The number of nitrogens with zero attached hydrogens (tertiary/aromatic N) is 1. The second-order valence-corrected chi connectivity index (χ2v) is 1.52. The lowest BCUT2D eigenvalue weighted by atomic mass is 10.2. The van der Waals surface area contributed by atoms with Gasteiger partial charge in [0.1, 0.15) is 0 Å². The quantitative estimate of drug-likeness (QED) is 0.476. The molecule has 8 heavy (non-hydrogen) atoms. The molecular weight excluding hydrogens is 100 g/mol. The van der Waals surface area contributed by atoms with Crippen LogP contribution in [0.4, 0.5) is 0 Å². The molecule has 0 amide bonds. The van der Waals surface area contributed by atoms with Crippen LogP contribution in [0.5, 0.6) is 0 Å². The highest BCUT2D eigenvalue weighted by Gasteiger charge is 1.89. The summed E-state index contributed by atoms with van der Waals surface area (Å²) in [7, 11) is 0. The van der Waals surface area contributed by atoms with Crippen molar-refractivity contribution in [3.63, 3.8) is 0 Å². The number of rotatable bonds is 0. The third-order valence-electron chi connectivity index (χ3n) is 0.939. The van der Waals surface area contributed by atoms with E-state index in [2.05, 4.69) is 11.2 Å². The van der Waals surface area contributed by atoms with Gasteiger partial charge >= 0.3 is 0 Å². The van der Waals surface area contributed by atoms with Crippen molar-refractivity contribution >= 4 is 6.21 Å². The van der Waals surface area contributed by atoms with Crippen LogP contribution in [0.1, 0.15) is 0 Å². The van der Waals surface area contributed by atoms with Gasteiger partial charge in [-0.3, -0.25) is 4.99 Å². The molecule has 1 heterocycles. The molecule has 0 aromatic carbocycles. The van der Waals surface area contributed by atoms with Gasteiger partial charge in [-0.05, 0) is 17.8 Å². The maximum Gasteiger partial charge on any atom is 0.0830 e. The first-order valence-electron chi connectivity index (χ1n) is 2.43. The first kappa shape index (κ1) is 5.09. The molecule has 2 nitrogen and oxygen atoms in total. The third-order valence-corrected chi connectivity index (χ3v) is 0.939. The zero-order valence-electron chi connectivity index (χ0n) is 4.46. The van der Waals surface area contributed by atoms with Crippen LogP contribution in [0.25, 0.3) is 0 Å². The monoisotopic (exact) mass is 107 g/mol. The number of nitrogens with two attached hydrogens (primary N) is 1. The minimum atomic E-state index is 0.674. The van der Waals surface area contributed by atoms with Crippen molar-refractivity contribution in [2.24, 2.45) is 10.7 Å². The van der Waals surface area contributed by atoms with Gasteiger partial charge in [0.2, 0.25) is 0 Å². The molecule has 0 unspecified atom stereocenters. The van der Waals surface area contributed by atoms with E-state index in [9.17, 15) is 0 Å². The molecule has 0 saturated carbocycles. The van der Waals surface area contributed by atoms with E-state index >= 15 is 0 Å². The number of hydrogen-bond donors (Lipinski definition) is 1.